The second-order valence-corrected chi connectivity index (χ2v) is 3.03. The van der Waals surface area contributed by atoms with Crippen LogP contribution in [-0.4, -0.2) is 38.2 Å². The highest BCUT2D eigenvalue weighted by molar-refractivity contribution is 4.85. The molecule has 60 valence electrons. The van der Waals surface area contributed by atoms with Gasteiger partial charge in [-0.2, -0.15) is 0 Å². The van der Waals surface area contributed by atoms with Crippen molar-refractivity contribution >= 4 is 0 Å². The fraction of sp³-hybridized carbons (Fsp3) is 1.00. The van der Waals surface area contributed by atoms with E-state index in [2.05, 4.69) is 24.5 Å². The van der Waals surface area contributed by atoms with Crippen LogP contribution in [0.15, 0.2) is 0 Å². The predicted octanol–water partition coefficient (Wildman–Crippen LogP) is 0.230. The normalized spacial score (nSPS) is 32.4. The number of hydroxylamine groups is 1. The number of hydrogen-bond acceptors (Lipinski definition) is 3. The third-order valence-corrected chi connectivity index (χ3v) is 2.08. The van der Waals surface area contributed by atoms with Crippen LogP contribution >= 0.6 is 0 Å². The molecule has 0 unspecified atom stereocenters. The molecule has 1 saturated carbocycles. The van der Waals surface area contributed by atoms with Gasteiger partial charge in [-0.25, -0.2) is 5.48 Å². The van der Waals surface area contributed by atoms with Gasteiger partial charge >= 0.3 is 0 Å². The van der Waals surface area contributed by atoms with Crippen LogP contribution in [-0.2, 0) is 4.84 Å². The Morgan fingerprint density at radius 2 is 2.00 bits per heavy atom. The van der Waals surface area contributed by atoms with Gasteiger partial charge in [0.2, 0.25) is 0 Å². The van der Waals surface area contributed by atoms with Crippen molar-refractivity contribution in [2.45, 2.75) is 25.0 Å². The van der Waals surface area contributed by atoms with Crippen LogP contribution in [0.25, 0.3) is 0 Å². The predicted molar refractivity (Wildman–Crippen MR) is 40.6 cm³/mol. The molecular formula is C7H16N2O. The summed E-state index contributed by atoms with van der Waals surface area (Å²) in [5.74, 6) is 0. The van der Waals surface area contributed by atoms with Crippen LogP contribution in [0.5, 0.6) is 0 Å². The summed E-state index contributed by atoms with van der Waals surface area (Å²) in [7, 11) is 6.03. The van der Waals surface area contributed by atoms with Crippen LogP contribution in [0.3, 0.4) is 0 Å². The molecule has 0 atom stereocenters. The lowest BCUT2D eigenvalue weighted by Crippen LogP contribution is -2.46. The Kier molecular flexibility index (Phi) is 2.65. The van der Waals surface area contributed by atoms with Crippen molar-refractivity contribution in [1.82, 2.24) is 10.4 Å². The molecule has 10 heavy (non-hydrogen) atoms. The molecule has 3 heteroatoms. The molecule has 0 bridgehead atoms. The lowest BCUT2D eigenvalue weighted by atomic mass is 9.89. The molecule has 0 aliphatic heterocycles. The number of hydrogen-bond donors (Lipinski definition) is 1. The first-order valence-corrected chi connectivity index (χ1v) is 3.73. The Balaban J connectivity index is 2.06. The Hall–Kier alpha value is -0.120. The van der Waals surface area contributed by atoms with E-state index in [-0.39, 0.29) is 0 Å². The summed E-state index contributed by atoms with van der Waals surface area (Å²) < 4.78 is 0. The van der Waals surface area contributed by atoms with Gasteiger partial charge < -0.3 is 4.90 Å². The zero-order chi connectivity index (χ0) is 7.56. The van der Waals surface area contributed by atoms with Gasteiger partial charge in [0.1, 0.15) is 0 Å². The highest BCUT2D eigenvalue weighted by Gasteiger charge is 2.31. The molecule has 0 heterocycles. The molecule has 1 fully saturated rings. The second kappa shape index (κ2) is 3.32. The van der Waals surface area contributed by atoms with E-state index in [9.17, 15) is 0 Å². The summed E-state index contributed by atoms with van der Waals surface area (Å²) >= 11 is 0. The molecular weight excluding hydrogens is 128 g/mol. The van der Waals surface area contributed by atoms with E-state index >= 15 is 0 Å². The zero-order valence-electron chi connectivity index (χ0n) is 6.92. The maximum atomic E-state index is 5.18. The molecule has 0 radical (unpaired) electrons. The largest absolute Gasteiger partial charge is 0.306 e. The van der Waals surface area contributed by atoms with Crippen molar-refractivity contribution in [1.29, 1.82) is 0 Å². The summed E-state index contributed by atoms with van der Waals surface area (Å²) in [6, 6.07) is 0.735. The van der Waals surface area contributed by atoms with E-state index in [1.807, 2.05) is 7.05 Å². The van der Waals surface area contributed by atoms with E-state index < -0.39 is 0 Å². The van der Waals surface area contributed by atoms with E-state index in [0.717, 1.165) is 18.9 Å². The van der Waals surface area contributed by atoms with Crippen LogP contribution in [0, 0.1) is 0 Å². The Labute approximate surface area is 62.3 Å². The summed E-state index contributed by atoms with van der Waals surface area (Å²) in [5, 5.41) is 0. The molecule has 1 aliphatic carbocycles. The van der Waals surface area contributed by atoms with Gasteiger partial charge in [-0.05, 0) is 26.9 Å². The maximum Gasteiger partial charge on any atom is 0.0820 e. The third kappa shape index (κ3) is 1.68. The molecule has 1 N–H and O–H groups in total. The molecule has 0 aromatic carbocycles. The highest BCUT2D eigenvalue weighted by atomic mass is 16.7. The molecule has 0 spiro atoms. The van der Waals surface area contributed by atoms with E-state index in [1.54, 1.807) is 0 Å². The Morgan fingerprint density at radius 3 is 2.40 bits per heavy atom. The van der Waals surface area contributed by atoms with Crippen molar-refractivity contribution in [3.8, 4) is 0 Å². The van der Waals surface area contributed by atoms with Crippen LogP contribution in [0.4, 0.5) is 0 Å². The van der Waals surface area contributed by atoms with E-state index in [1.165, 1.54) is 0 Å². The number of nitrogens with one attached hydrogen (secondary N) is 1. The first-order chi connectivity index (χ1) is 4.74. The molecule has 0 amide bonds. The van der Waals surface area contributed by atoms with Gasteiger partial charge in [-0.3, -0.25) is 4.84 Å². The lowest BCUT2D eigenvalue weighted by Gasteiger charge is -2.38. The first kappa shape index (κ1) is 7.98. The van der Waals surface area contributed by atoms with Crippen molar-refractivity contribution in [2.75, 3.05) is 21.1 Å². The van der Waals surface area contributed by atoms with Crippen molar-refractivity contribution in [2.24, 2.45) is 0 Å². The molecule has 0 saturated heterocycles. The number of rotatable bonds is 3. The first-order valence-electron chi connectivity index (χ1n) is 3.73. The van der Waals surface area contributed by atoms with Crippen molar-refractivity contribution in [3.63, 3.8) is 0 Å². The summed E-state index contributed by atoms with van der Waals surface area (Å²) in [4.78, 5) is 7.43. The van der Waals surface area contributed by atoms with Crippen molar-refractivity contribution in [3.05, 3.63) is 0 Å². The fourth-order valence-electron chi connectivity index (χ4n) is 1.22. The standard InChI is InChI=1S/C7H16N2O/c1-8-10-7-4-6(5-7)9(2)3/h6-8H,4-5H2,1-3H3/t6-,7-. The second-order valence-electron chi connectivity index (χ2n) is 3.03. The number of nitrogens with zero attached hydrogens (tertiary/aromatic N) is 1. The molecule has 0 aromatic rings. The summed E-state index contributed by atoms with van der Waals surface area (Å²) in [5.41, 5.74) is 2.71. The highest BCUT2D eigenvalue weighted by Crippen LogP contribution is 2.25. The third-order valence-electron chi connectivity index (χ3n) is 2.08. The fourth-order valence-corrected chi connectivity index (χ4v) is 1.22. The summed E-state index contributed by atoms with van der Waals surface area (Å²) in [6.07, 6.45) is 2.76. The minimum Gasteiger partial charge on any atom is -0.306 e. The molecule has 0 aromatic heterocycles. The van der Waals surface area contributed by atoms with Crippen LogP contribution in [0.2, 0.25) is 0 Å². The lowest BCUT2D eigenvalue weighted by molar-refractivity contribution is -0.0830. The van der Waals surface area contributed by atoms with Gasteiger partial charge in [-0.15, -0.1) is 0 Å². The van der Waals surface area contributed by atoms with Gasteiger partial charge in [0.25, 0.3) is 0 Å². The Morgan fingerprint density at radius 1 is 1.40 bits per heavy atom. The van der Waals surface area contributed by atoms with Gasteiger partial charge in [0, 0.05) is 13.1 Å². The van der Waals surface area contributed by atoms with Gasteiger partial charge in [-0.1, -0.05) is 0 Å². The SMILES string of the molecule is CNO[C@H]1C[C@H](N(C)C)C1. The van der Waals surface area contributed by atoms with Crippen LogP contribution in [0.1, 0.15) is 12.8 Å². The summed E-state index contributed by atoms with van der Waals surface area (Å²) in [6.45, 7) is 0. The topological polar surface area (TPSA) is 24.5 Å². The minimum atomic E-state index is 0.442. The Bertz CT molecular complexity index is 99.8. The molecule has 1 aliphatic rings. The molecule has 3 nitrogen and oxygen atoms in total. The quantitative estimate of drug-likeness (QED) is 0.574. The average Bonchev–Trinajstić information content (AvgIpc) is 1.76. The van der Waals surface area contributed by atoms with Gasteiger partial charge in [0.15, 0.2) is 0 Å². The zero-order valence-corrected chi connectivity index (χ0v) is 6.92. The van der Waals surface area contributed by atoms with E-state index in [4.69, 9.17) is 4.84 Å². The van der Waals surface area contributed by atoms with Crippen LogP contribution < -0.4 is 5.48 Å². The smallest absolute Gasteiger partial charge is 0.0820 e. The molecule has 1 rings (SSSR count). The van der Waals surface area contributed by atoms with Gasteiger partial charge in [0.05, 0.1) is 6.10 Å². The monoisotopic (exact) mass is 144 g/mol. The maximum absolute atomic E-state index is 5.18. The average molecular weight is 144 g/mol. The minimum absolute atomic E-state index is 0.442. The van der Waals surface area contributed by atoms with E-state index in [0.29, 0.717) is 6.10 Å². The van der Waals surface area contributed by atoms with Crippen molar-refractivity contribution < 1.29 is 4.84 Å².